The Bertz CT molecular complexity index is 2060. The summed E-state index contributed by atoms with van der Waals surface area (Å²) in [5, 5.41) is 8.57. The van der Waals surface area contributed by atoms with Gasteiger partial charge in [0.15, 0.2) is 17.3 Å². The van der Waals surface area contributed by atoms with E-state index in [1.165, 1.54) is 24.4 Å². The molecule has 3 saturated carbocycles. The molecular formula is C33H33FN6O4S. The first kappa shape index (κ1) is 29.1. The average Bonchev–Trinajstić information content (AvgIpc) is 3.64. The molecule has 232 valence electrons. The van der Waals surface area contributed by atoms with E-state index in [9.17, 15) is 17.6 Å². The molecule has 10 nitrogen and oxygen atoms in total. The fourth-order valence-corrected chi connectivity index (χ4v) is 8.31. The van der Waals surface area contributed by atoms with Crippen LogP contribution in [0.2, 0.25) is 0 Å². The van der Waals surface area contributed by atoms with Crippen LogP contribution in [-0.2, 0) is 19.6 Å². The quantitative estimate of drug-likeness (QED) is 0.213. The molecule has 0 saturated heterocycles. The van der Waals surface area contributed by atoms with E-state index in [-0.39, 0.29) is 51.5 Å². The minimum Gasteiger partial charge on any atom is -0.466 e. The van der Waals surface area contributed by atoms with Crippen molar-refractivity contribution in [2.24, 2.45) is 17.8 Å². The number of pyridine rings is 1. The van der Waals surface area contributed by atoms with Gasteiger partial charge in [0.25, 0.3) is 10.0 Å². The van der Waals surface area contributed by atoms with Crippen LogP contribution >= 0.6 is 0 Å². The van der Waals surface area contributed by atoms with Crippen molar-refractivity contribution in [3.05, 3.63) is 78.5 Å². The Morgan fingerprint density at radius 1 is 1.13 bits per heavy atom. The van der Waals surface area contributed by atoms with Gasteiger partial charge in [-0.1, -0.05) is 30.4 Å². The zero-order valence-corrected chi connectivity index (χ0v) is 25.8. The van der Waals surface area contributed by atoms with Crippen LogP contribution in [0.3, 0.4) is 0 Å². The summed E-state index contributed by atoms with van der Waals surface area (Å²) in [4.78, 5) is 22.3. The minimum atomic E-state index is -4.10. The highest BCUT2D eigenvalue weighted by atomic mass is 32.2. The molecule has 2 bridgehead atoms. The van der Waals surface area contributed by atoms with E-state index in [0.717, 1.165) is 47.0 Å². The summed E-state index contributed by atoms with van der Waals surface area (Å²) in [5.74, 6) is -0.0202. The van der Waals surface area contributed by atoms with Crippen molar-refractivity contribution in [1.29, 1.82) is 0 Å². The third-order valence-electron chi connectivity index (χ3n) is 9.20. The number of carbonyl (C=O) groups excluding carboxylic acids is 1. The molecule has 3 aliphatic carbocycles. The smallest absolute Gasteiger partial charge is 0.311 e. The van der Waals surface area contributed by atoms with Gasteiger partial charge < -0.3 is 10.1 Å². The molecule has 0 radical (unpaired) electrons. The normalized spacial score (nSPS) is 21.3. The number of carbonyl (C=O) groups is 1. The molecule has 0 spiro atoms. The Labute approximate surface area is 260 Å². The van der Waals surface area contributed by atoms with E-state index < -0.39 is 15.8 Å². The van der Waals surface area contributed by atoms with E-state index in [4.69, 9.17) is 14.8 Å². The number of aromatic nitrogens is 5. The summed E-state index contributed by atoms with van der Waals surface area (Å²) in [7, 11) is -4.10. The predicted molar refractivity (Wildman–Crippen MR) is 169 cm³/mol. The molecule has 45 heavy (non-hydrogen) atoms. The monoisotopic (exact) mass is 628 g/mol. The summed E-state index contributed by atoms with van der Waals surface area (Å²) in [5.41, 5.74) is 2.72. The molecule has 1 aromatic carbocycles. The van der Waals surface area contributed by atoms with Crippen LogP contribution in [0.25, 0.3) is 34.0 Å². The second-order valence-corrected chi connectivity index (χ2v) is 13.7. The standard InChI is InChI=1S/C33H33FN6O4S/c1-4-20-14-27-31(36-29-22-10-8-21(9-11-22)28(29)33(41)44-5-2)37-30(38-39(27)17-20)26-18-40(32-25(26)15-23(34)16-35-32)45(42,43)24-12-6-19(3)7-13-24/h4,6-7,12-18,21-22,28-29H,1,5,8-11H2,2-3H3,(H,36,37,38)/t21?,22?,28-,29-/m0/s1. The Balaban J connectivity index is 1.39. The van der Waals surface area contributed by atoms with Crippen LogP contribution in [0.15, 0.2) is 66.5 Å². The van der Waals surface area contributed by atoms with Crippen molar-refractivity contribution in [2.75, 3.05) is 11.9 Å². The minimum absolute atomic E-state index is 0.0523. The number of anilines is 1. The number of hydrogen-bond acceptors (Lipinski definition) is 8. The molecule has 3 fully saturated rings. The highest BCUT2D eigenvalue weighted by molar-refractivity contribution is 7.90. The van der Waals surface area contributed by atoms with E-state index in [2.05, 4.69) is 16.9 Å². The van der Waals surface area contributed by atoms with Crippen molar-refractivity contribution in [3.8, 4) is 11.4 Å². The maximum absolute atomic E-state index is 14.6. The van der Waals surface area contributed by atoms with Gasteiger partial charge in [-0.05, 0) is 81.2 Å². The summed E-state index contributed by atoms with van der Waals surface area (Å²) in [6, 6.07) is 9.41. The molecule has 5 aromatic rings. The first-order valence-corrected chi connectivity index (χ1v) is 16.6. The lowest BCUT2D eigenvalue weighted by atomic mass is 9.61. The zero-order chi connectivity index (χ0) is 31.5. The second kappa shape index (κ2) is 11.1. The number of fused-ring (bicyclic) bond motifs is 5. The fraction of sp³-hybridized carbons (Fsp3) is 0.333. The number of esters is 1. The third-order valence-corrected chi connectivity index (χ3v) is 10.9. The van der Waals surface area contributed by atoms with Crippen molar-refractivity contribution in [2.45, 2.75) is 50.5 Å². The predicted octanol–water partition coefficient (Wildman–Crippen LogP) is 5.85. The number of ether oxygens (including phenoxy) is 1. The Hall–Kier alpha value is -4.58. The summed E-state index contributed by atoms with van der Waals surface area (Å²) >= 11 is 0. The molecule has 4 heterocycles. The lowest BCUT2D eigenvalue weighted by molar-refractivity contribution is -0.154. The van der Waals surface area contributed by atoms with Crippen LogP contribution in [0.1, 0.15) is 43.7 Å². The second-order valence-electron chi connectivity index (χ2n) is 11.9. The maximum Gasteiger partial charge on any atom is 0.311 e. The zero-order valence-electron chi connectivity index (χ0n) is 25.0. The Morgan fingerprint density at radius 3 is 2.58 bits per heavy atom. The van der Waals surface area contributed by atoms with Gasteiger partial charge in [-0.25, -0.2) is 31.3 Å². The molecule has 12 heteroatoms. The molecule has 4 aromatic heterocycles. The topological polar surface area (TPSA) is 120 Å². The molecule has 0 unspecified atom stereocenters. The van der Waals surface area contributed by atoms with Crippen molar-refractivity contribution >= 4 is 44.4 Å². The van der Waals surface area contributed by atoms with Gasteiger partial charge in [0.1, 0.15) is 11.3 Å². The number of aryl methyl sites for hydroxylation is 1. The highest BCUT2D eigenvalue weighted by Crippen LogP contribution is 2.47. The third kappa shape index (κ3) is 4.97. The first-order chi connectivity index (χ1) is 21.7. The number of benzene rings is 1. The van der Waals surface area contributed by atoms with E-state index in [0.29, 0.717) is 23.5 Å². The molecule has 0 amide bonds. The number of rotatable bonds is 8. The molecular weight excluding hydrogens is 595 g/mol. The van der Waals surface area contributed by atoms with Crippen molar-refractivity contribution in [1.82, 2.24) is 23.6 Å². The Morgan fingerprint density at radius 2 is 1.87 bits per heavy atom. The van der Waals surface area contributed by atoms with Crippen LogP contribution in [0, 0.1) is 30.5 Å². The highest BCUT2D eigenvalue weighted by Gasteiger charge is 2.48. The van der Waals surface area contributed by atoms with Gasteiger partial charge in [-0.3, -0.25) is 4.79 Å². The fourth-order valence-electron chi connectivity index (χ4n) is 6.98. The number of halogens is 1. The SMILES string of the molecule is C=Cc1cc2c(N[C@H]3C4CCC(CC4)[C@@H]3C(=O)OCC)nc(-c3cn(S(=O)(=O)c4ccc(C)cc4)c4ncc(F)cc34)nn2c1. The largest absolute Gasteiger partial charge is 0.466 e. The molecule has 3 aliphatic rings. The number of nitrogens with zero attached hydrogens (tertiary/aromatic N) is 5. The van der Waals surface area contributed by atoms with Gasteiger partial charge in [0, 0.05) is 29.4 Å². The van der Waals surface area contributed by atoms with Crippen molar-refractivity contribution < 1.29 is 22.3 Å². The van der Waals surface area contributed by atoms with E-state index in [1.807, 2.05) is 19.9 Å². The molecule has 2 atom stereocenters. The van der Waals surface area contributed by atoms with Gasteiger partial charge in [0.05, 0.1) is 23.6 Å². The lowest BCUT2D eigenvalue weighted by Crippen LogP contribution is -2.52. The van der Waals surface area contributed by atoms with Gasteiger partial charge in [-0.15, -0.1) is 5.10 Å². The number of nitrogens with one attached hydrogen (secondary N) is 1. The first-order valence-electron chi connectivity index (χ1n) is 15.1. The van der Waals surface area contributed by atoms with E-state index >= 15 is 0 Å². The van der Waals surface area contributed by atoms with Gasteiger partial charge in [0.2, 0.25) is 0 Å². The van der Waals surface area contributed by atoms with Gasteiger partial charge in [-0.2, -0.15) is 0 Å². The lowest BCUT2D eigenvalue weighted by Gasteiger charge is -2.47. The average molecular weight is 629 g/mol. The molecule has 8 rings (SSSR count). The van der Waals surface area contributed by atoms with Crippen LogP contribution < -0.4 is 5.32 Å². The van der Waals surface area contributed by atoms with Crippen LogP contribution in [0.5, 0.6) is 0 Å². The summed E-state index contributed by atoms with van der Waals surface area (Å²) in [6.45, 7) is 7.88. The van der Waals surface area contributed by atoms with Crippen LogP contribution in [0.4, 0.5) is 10.2 Å². The summed E-state index contributed by atoms with van der Waals surface area (Å²) < 4.78 is 50.5. The maximum atomic E-state index is 14.6. The van der Waals surface area contributed by atoms with Gasteiger partial charge >= 0.3 is 5.97 Å². The Kier molecular flexibility index (Phi) is 7.19. The summed E-state index contributed by atoms with van der Waals surface area (Å²) in [6.07, 6.45) is 9.82. The van der Waals surface area contributed by atoms with Crippen molar-refractivity contribution in [3.63, 3.8) is 0 Å². The molecule has 1 N–H and O–H groups in total. The van der Waals surface area contributed by atoms with E-state index in [1.54, 1.807) is 28.9 Å². The number of hydrogen-bond donors (Lipinski definition) is 1. The van der Waals surface area contributed by atoms with Crippen LogP contribution in [-0.4, -0.2) is 50.6 Å². The molecule has 0 aliphatic heterocycles.